The van der Waals surface area contributed by atoms with Crippen molar-refractivity contribution in [2.24, 2.45) is 0 Å². The standard InChI is InChI=1S/C20H24N6O3/c1-5-13-24-17(26-20(3)6-7-20)16-15(11(2)29-19(16)25-13)18(27)21-9-12-8-14(28-4)23-10-22-12/h8,10H,5-7,9H2,1-4H3,(H,21,27)(H,24,25,26). The monoisotopic (exact) mass is 396 g/mol. The van der Waals surface area contributed by atoms with Gasteiger partial charge in [0.1, 0.15) is 23.7 Å². The Balaban J connectivity index is 1.66. The van der Waals surface area contributed by atoms with Crippen molar-refractivity contribution in [2.45, 2.75) is 52.1 Å². The Kier molecular flexibility index (Phi) is 4.81. The van der Waals surface area contributed by atoms with Crippen molar-refractivity contribution in [3.63, 3.8) is 0 Å². The first-order chi connectivity index (χ1) is 13.9. The van der Waals surface area contributed by atoms with E-state index in [1.54, 1.807) is 13.0 Å². The molecule has 1 saturated carbocycles. The highest BCUT2D eigenvalue weighted by Crippen LogP contribution is 2.40. The first kappa shape index (κ1) is 19.1. The molecule has 0 aromatic carbocycles. The van der Waals surface area contributed by atoms with Crippen LogP contribution in [0.4, 0.5) is 5.82 Å². The van der Waals surface area contributed by atoms with Gasteiger partial charge in [-0.25, -0.2) is 15.0 Å². The third-order valence-electron chi connectivity index (χ3n) is 5.08. The van der Waals surface area contributed by atoms with E-state index in [2.05, 4.69) is 37.5 Å². The highest BCUT2D eigenvalue weighted by atomic mass is 16.5. The number of hydrogen-bond donors (Lipinski definition) is 2. The number of nitrogens with zero attached hydrogens (tertiary/aromatic N) is 4. The van der Waals surface area contributed by atoms with Crippen molar-refractivity contribution in [3.8, 4) is 5.88 Å². The SMILES string of the molecule is CCc1nc(NC2(C)CC2)c2c(C(=O)NCc3cc(OC)ncn3)c(C)oc2n1. The minimum absolute atomic E-state index is 0.00271. The van der Waals surface area contributed by atoms with Crippen molar-refractivity contribution >= 4 is 22.8 Å². The zero-order chi connectivity index (χ0) is 20.6. The molecule has 0 radical (unpaired) electrons. The predicted octanol–water partition coefficient (Wildman–Crippen LogP) is 2.79. The Hall–Kier alpha value is -3.23. The molecule has 9 nitrogen and oxygen atoms in total. The molecule has 2 N–H and O–H groups in total. The van der Waals surface area contributed by atoms with E-state index in [9.17, 15) is 4.79 Å². The van der Waals surface area contributed by atoms with Crippen LogP contribution in [0.3, 0.4) is 0 Å². The molecule has 3 aromatic rings. The summed E-state index contributed by atoms with van der Waals surface area (Å²) in [6.45, 7) is 6.13. The summed E-state index contributed by atoms with van der Waals surface area (Å²) in [7, 11) is 1.53. The summed E-state index contributed by atoms with van der Waals surface area (Å²) >= 11 is 0. The number of carbonyl (C=O) groups excluding carboxylic acids is 1. The van der Waals surface area contributed by atoms with Crippen molar-refractivity contribution in [3.05, 3.63) is 35.2 Å². The van der Waals surface area contributed by atoms with Gasteiger partial charge in [-0.3, -0.25) is 4.79 Å². The van der Waals surface area contributed by atoms with Crippen LogP contribution in [-0.4, -0.2) is 38.5 Å². The van der Waals surface area contributed by atoms with Crippen LogP contribution in [0, 0.1) is 6.92 Å². The first-order valence-electron chi connectivity index (χ1n) is 9.64. The van der Waals surface area contributed by atoms with E-state index < -0.39 is 0 Å². The molecule has 152 valence electrons. The van der Waals surface area contributed by atoms with E-state index >= 15 is 0 Å². The van der Waals surface area contributed by atoms with Crippen LogP contribution in [0.5, 0.6) is 5.88 Å². The number of ether oxygens (including phenoxy) is 1. The van der Waals surface area contributed by atoms with Crippen LogP contribution < -0.4 is 15.4 Å². The van der Waals surface area contributed by atoms with Crippen molar-refractivity contribution < 1.29 is 13.9 Å². The maximum atomic E-state index is 13.0. The van der Waals surface area contributed by atoms with Crippen LogP contribution in [0.15, 0.2) is 16.8 Å². The quantitative estimate of drug-likeness (QED) is 0.626. The van der Waals surface area contributed by atoms with E-state index in [1.807, 2.05) is 6.92 Å². The molecule has 1 aliphatic carbocycles. The lowest BCUT2D eigenvalue weighted by Gasteiger charge is -2.14. The van der Waals surface area contributed by atoms with Crippen LogP contribution in [-0.2, 0) is 13.0 Å². The first-order valence-corrected chi connectivity index (χ1v) is 9.64. The van der Waals surface area contributed by atoms with Gasteiger partial charge in [0.05, 0.1) is 30.3 Å². The van der Waals surface area contributed by atoms with Gasteiger partial charge in [0.25, 0.3) is 5.91 Å². The second-order valence-electron chi connectivity index (χ2n) is 7.48. The molecule has 0 bridgehead atoms. The lowest BCUT2D eigenvalue weighted by atomic mass is 10.1. The molecular formula is C20H24N6O3. The van der Waals surface area contributed by atoms with Gasteiger partial charge in [0.15, 0.2) is 0 Å². The molecule has 0 spiro atoms. The number of furan rings is 1. The van der Waals surface area contributed by atoms with Gasteiger partial charge in [-0.15, -0.1) is 0 Å². The van der Waals surface area contributed by atoms with Crippen molar-refractivity contribution in [1.82, 2.24) is 25.3 Å². The highest BCUT2D eigenvalue weighted by Gasteiger charge is 2.38. The highest BCUT2D eigenvalue weighted by molar-refractivity contribution is 6.10. The normalized spacial score (nSPS) is 14.6. The van der Waals surface area contributed by atoms with Crippen LogP contribution in [0.1, 0.15) is 54.3 Å². The number of rotatable bonds is 7. The third kappa shape index (κ3) is 3.85. The fourth-order valence-electron chi connectivity index (χ4n) is 3.12. The lowest BCUT2D eigenvalue weighted by Crippen LogP contribution is -2.24. The van der Waals surface area contributed by atoms with Crippen molar-refractivity contribution in [2.75, 3.05) is 12.4 Å². The molecule has 4 rings (SSSR count). The Labute approximate surface area is 168 Å². The maximum absolute atomic E-state index is 13.0. The topological polar surface area (TPSA) is 115 Å². The van der Waals surface area contributed by atoms with E-state index in [0.717, 1.165) is 12.8 Å². The average Bonchev–Trinajstić information content (AvgIpc) is 3.34. The molecule has 29 heavy (non-hydrogen) atoms. The molecule has 0 saturated heterocycles. The molecule has 0 unspecified atom stereocenters. The summed E-state index contributed by atoms with van der Waals surface area (Å²) in [6.07, 6.45) is 4.21. The summed E-state index contributed by atoms with van der Waals surface area (Å²) in [5, 5.41) is 6.99. The second-order valence-corrected chi connectivity index (χ2v) is 7.48. The molecule has 9 heteroatoms. The number of anilines is 1. The summed E-state index contributed by atoms with van der Waals surface area (Å²) in [5.74, 6) is 2.01. The van der Waals surface area contributed by atoms with Gasteiger partial charge in [-0.1, -0.05) is 6.92 Å². The minimum atomic E-state index is -0.268. The largest absolute Gasteiger partial charge is 0.481 e. The molecule has 0 atom stereocenters. The van der Waals surface area contributed by atoms with E-state index in [1.165, 1.54) is 13.4 Å². The van der Waals surface area contributed by atoms with Crippen LogP contribution in [0.25, 0.3) is 11.1 Å². The number of nitrogens with one attached hydrogen (secondary N) is 2. The predicted molar refractivity (Wildman–Crippen MR) is 107 cm³/mol. The smallest absolute Gasteiger partial charge is 0.255 e. The minimum Gasteiger partial charge on any atom is -0.481 e. The molecule has 1 fully saturated rings. The molecule has 1 aliphatic rings. The number of aromatic nitrogens is 4. The number of aryl methyl sites for hydroxylation is 2. The second kappa shape index (κ2) is 7.31. The Morgan fingerprint density at radius 3 is 2.79 bits per heavy atom. The van der Waals surface area contributed by atoms with Crippen LogP contribution >= 0.6 is 0 Å². The fraction of sp³-hybridized carbons (Fsp3) is 0.450. The average molecular weight is 396 g/mol. The number of methoxy groups -OCH3 is 1. The van der Waals surface area contributed by atoms with Gasteiger partial charge in [-0.2, -0.15) is 4.98 Å². The molecule has 3 aromatic heterocycles. The zero-order valence-corrected chi connectivity index (χ0v) is 17.0. The van der Waals surface area contributed by atoms with Crippen LogP contribution in [0.2, 0.25) is 0 Å². The van der Waals surface area contributed by atoms with E-state index in [4.69, 9.17) is 9.15 Å². The van der Waals surface area contributed by atoms with Gasteiger partial charge >= 0.3 is 0 Å². The lowest BCUT2D eigenvalue weighted by molar-refractivity contribution is 0.0950. The zero-order valence-electron chi connectivity index (χ0n) is 17.0. The molecule has 3 heterocycles. The van der Waals surface area contributed by atoms with Gasteiger partial charge in [-0.05, 0) is 26.7 Å². The number of hydrogen-bond acceptors (Lipinski definition) is 8. The summed E-state index contributed by atoms with van der Waals surface area (Å²) in [6, 6.07) is 1.68. The van der Waals surface area contributed by atoms with E-state index in [0.29, 0.717) is 52.1 Å². The summed E-state index contributed by atoms with van der Waals surface area (Å²) < 4.78 is 10.9. The third-order valence-corrected chi connectivity index (χ3v) is 5.08. The summed E-state index contributed by atoms with van der Waals surface area (Å²) in [4.78, 5) is 30.3. The van der Waals surface area contributed by atoms with E-state index in [-0.39, 0.29) is 18.0 Å². The van der Waals surface area contributed by atoms with Gasteiger partial charge < -0.3 is 19.8 Å². The van der Waals surface area contributed by atoms with Gasteiger partial charge in [0.2, 0.25) is 11.6 Å². The Morgan fingerprint density at radius 1 is 1.31 bits per heavy atom. The number of fused-ring (bicyclic) bond motifs is 1. The molecule has 0 aliphatic heterocycles. The fourth-order valence-corrected chi connectivity index (χ4v) is 3.12. The molecular weight excluding hydrogens is 372 g/mol. The molecule has 1 amide bonds. The summed E-state index contributed by atoms with van der Waals surface area (Å²) in [5.41, 5.74) is 1.51. The Morgan fingerprint density at radius 2 is 2.10 bits per heavy atom. The number of amides is 1. The van der Waals surface area contributed by atoms with Crippen molar-refractivity contribution in [1.29, 1.82) is 0 Å². The number of carbonyl (C=O) groups is 1. The van der Waals surface area contributed by atoms with Gasteiger partial charge in [0, 0.05) is 18.0 Å². The Bertz CT molecular complexity index is 1070. The maximum Gasteiger partial charge on any atom is 0.255 e.